The Morgan fingerprint density at radius 1 is 1.36 bits per heavy atom. The van der Waals surface area contributed by atoms with Crippen LogP contribution < -0.4 is 0 Å². The van der Waals surface area contributed by atoms with E-state index in [2.05, 4.69) is 34.3 Å². The molecule has 2 fully saturated rings. The van der Waals surface area contributed by atoms with Gasteiger partial charge < -0.3 is 19.7 Å². The van der Waals surface area contributed by atoms with E-state index in [0.29, 0.717) is 32.1 Å². The van der Waals surface area contributed by atoms with Gasteiger partial charge in [-0.25, -0.2) is 4.39 Å². The molecule has 2 N–H and O–H groups in total. The summed E-state index contributed by atoms with van der Waals surface area (Å²) in [5, 5.41) is 20.5. The third-order valence-corrected chi connectivity index (χ3v) is 7.24. The standard InChI is InChI=1S/C21H34FIO5/c1-3-4-5-7-13(24)10-11-14-16(25)12-17-19(14)20(22)21(28-17)15(23)8-6-9-18(26)27-2/h10-11,13-17,19-21,24-25H,3-9,12H2,1-2H3/t13-,14-,15?,16+,17-,19+,20-,21?/m0/s1. The van der Waals surface area contributed by atoms with Gasteiger partial charge in [0.05, 0.1) is 25.4 Å². The van der Waals surface area contributed by atoms with E-state index < -0.39 is 24.5 Å². The van der Waals surface area contributed by atoms with Crippen molar-refractivity contribution in [1.82, 2.24) is 0 Å². The molecule has 1 heterocycles. The molecule has 8 atom stereocenters. The number of rotatable bonds is 11. The fourth-order valence-corrected chi connectivity index (χ4v) is 5.33. The number of fused-ring (bicyclic) bond motifs is 1. The number of aliphatic hydroxyl groups is 2. The number of aliphatic hydroxyl groups excluding tert-OH is 2. The van der Waals surface area contributed by atoms with E-state index in [1.807, 2.05) is 0 Å². The fraction of sp³-hybridized carbons (Fsp3) is 0.857. The van der Waals surface area contributed by atoms with Gasteiger partial charge in [-0.05, 0) is 19.3 Å². The van der Waals surface area contributed by atoms with Gasteiger partial charge in [-0.3, -0.25) is 4.79 Å². The van der Waals surface area contributed by atoms with Gasteiger partial charge in [-0.1, -0.05) is 60.9 Å². The van der Waals surface area contributed by atoms with Crippen LogP contribution >= 0.6 is 22.6 Å². The van der Waals surface area contributed by atoms with Crippen molar-refractivity contribution in [2.45, 2.75) is 92.8 Å². The van der Waals surface area contributed by atoms with Gasteiger partial charge in [-0.2, -0.15) is 0 Å². The molecule has 162 valence electrons. The first-order valence-corrected chi connectivity index (χ1v) is 11.7. The highest BCUT2D eigenvalue weighted by atomic mass is 127. The Balaban J connectivity index is 1.89. The number of carbonyl (C=O) groups is 1. The Bertz CT molecular complexity index is 517. The summed E-state index contributed by atoms with van der Waals surface area (Å²) in [5.41, 5.74) is 0. The van der Waals surface area contributed by atoms with Crippen LogP contribution in [0.4, 0.5) is 4.39 Å². The highest BCUT2D eigenvalue weighted by Crippen LogP contribution is 2.47. The maximum Gasteiger partial charge on any atom is 0.305 e. The van der Waals surface area contributed by atoms with E-state index in [9.17, 15) is 15.0 Å². The van der Waals surface area contributed by atoms with Crippen molar-refractivity contribution in [2.24, 2.45) is 11.8 Å². The summed E-state index contributed by atoms with van der Waals surface area (Å²) in [5.74, 6) is -0.961. The first-order chi connectivity index (χ1) is 13.4. The first kappa shape index (κ1) is 24.0. The quantitative estimate of drug-likeness (QED) is 0.145. The molecule has 0 aromatic rings. The molecule has 2 unspecified atom stereocenters. The van der Waals surface area contributed by atoms with Crippen LogP contribution in [0.2, 0.25) is 0 Å². The molecule has 2 rings (SSSR count). The number of hydrogen-bond donors (Lipinski definition) is 2. The van der Waals surface area contributed by atoms with Crippen LogP contribution in [0.25, 0.3) is 0 Å². The second-order valence-electron chi connectivity index (χ2n) is 7.97. The highest BCUT2D eigenvalue weighted by molar-refractivity contribution is 14.1. The van der Waals surface area contributed by atoms with Crippen molar-refractivity contribution in [3.05, 3.63) is 12.2 Å². The molecule has 0 aromatic carbocycles. The summed E-state index contributed by atoms with van der Waals surface area (Å²) in [6, 6.07) is 0. The Morgan fingerprint density at radius 2 is 2.11 bits per heavy atom. The molecule has 5 nitrogen and oxygen atoms in total. The van der Waals surface area contributed by atoms with E-state index >= 15 is 4.39 Å². The highest BCUT2D eigenvalue weighted by Gasteiger charge is 2.55. The predicted molar refractivity (Wildman–Crippen MR) is 114 cm³/mol. The van der Waals surface area contributed by atoms with Gasteiger partial charge in [0.1, 0.15) is 12.3 Å². The van der Waals surface area contributed by atoms with Crippen LogP contribution in [0.5, 0.6) is 0 Å². The molecule has 28 heavy (non-hydrogen) atoms. The third-order valence-electron chi connectivity index (χ3n) is 5.91. The number of unbranched alkanes of at least 4 members (excludes halogenated alkanes) is 2. The minimum Gasteiger partial charge on any atom is -0.469 e. The SMILES string of the molecule is CCCCC[C@H](O)C=C[C@@H]1[C@@H]2[C@H](C[C@H]1O)OC(C(I)CCCC(=O)OC)[C@H]2F. The molecule has 1 aliphatic heterocycles. The fourth-order valence-electron chi connectivity index (χ4n) is 4.32. The Kier molecular flexibility index (Phi) is 10.1. The van der Waals surface area contributed by atoms with Crippen molar-refractivity contribution in [2.75, 3.05) is 7.11 Å². The minimum atomic E-state index is -1.16. The molecule has 0 amide bonds. The average Bonchev–Trinajstić information content (AvgIpc) is 3.15. The number of alkyl halides is 2. The van der Waals surface area contributed by atoms with Gasteiger partial charge >= 0.3 is 5.97 Å². The van der Waals surface area contributed by atoms with Crippen molar-refractivity contribution in [3.8, 4) is 0 Å². The third kappa shape index (κ3) is 6.37. The maximum absolute atomic E-state index is 15.2. The summed E-state index contributed by atoms with van der Waals surface area (Å²) in [7, 11) is 1.36. The van der Waals surface area contributed by atoms with Gasteiger partial charge in [0.25, 0.3) is 0 Å². The largest absolute Gasteiger partial charge is 0.469 e. The summed E-state index contributed by atoms with van der Waals surface area (Å²) < 4.78 is 25.8. The molecule has 1 saturated carbocycles. The van der Waals surface area contributed by atoms with Gasteiger partial charge in [0.15, 0.2) is 0 Å². The van der Waals surface area contributed by atoms with Crippen LogP contribution in [-0.4, -0.2) is 57.8 Å². The summed E-state index contributed by atoms with van der Waals surface area (Å²) in [6.45, 7) is 2.12. The van der Waals surface area contributed by atoms with E-state index in [-0.39, 0.29) is 27.8 Å². The average molecular weight is 512 g/mol. The Morgan fingerprint density at radius 3 is 2.79 bits per heavy atom. The monoisotopic (exact) mass is 512 g/mol. The van der Waals surface area contributed by atoms with Crippen LogP contribution in [0.15, 0.2) is 12.2 Å². The Labute approximate surface area is 181 Å². The number of esters is 1. The number of ether oxygens (including phenoxy) is 2. The number of methoxy groups -OCH3 is 1. The molecular weight excluding hydrogens is 478 g/mol. The normalized spacial score (nSPS) is 34.5. The molecule has 7 heteroatoms. The molecule has 2 aliphatic rings. The van der Waals surface area contributed by atoms with Crippen molar-refractivity contribution >= 4 is 28.6 Å². The minimum absolute atomic E-state index is 0.0377. The molecule has 1 saturated heterocycles. The van der Waals surface area contributed by atoms with Crippen LogP contribution in [0.1, 0.15) is 58.3 Å². The number of halogens is 2. The Hall–Kier alpha value is -0.250. The molecule has 0 aromatic heterocycles. The van der Waals surface area contributed by atoms with E-state index in [1.54, 1.807) is 12.2 Å². The van der Waals surface area contributed by atoms with Gasteiger partial charge in [0.2, 0.25) is 0 Å². The summed E-state index contributed by atoms with van der Waals surface area (Å²) >= 11 is 2.20. The lowest BCUT2D eigenvalue weighted by Crippen LogP contribution is -2.34. The maximum atomic E-state index is 15.2. The summed E-state index contributed by atoms with van der Waals surface area (Å²) in [4.78, 5) is 11.2. The molecular formula is C21H34FIO5. The van der Waals surface area contributed by atoms with E-state index in [1.165, 1.54) is 7.11 Å². The molecule has 0 bridgehead atoms. The van der Waals surface area contributed by atoms with Crippen LogP contribution in [-0.2, 0) is 14.3 Å². The van der Waals surface area contributed by atoms with Crippen molar-refractivity contribution in [1.29, 1.82) is 0 Å². The van der Waals surface area contributed by atoms with E-state index in [4.69, 9.17) is 4.74 Å². The molecule has 1 aliphatic carbocycles. The second kappa shape index (κ2) is 11.8. The van der Waals surface area contributed by atoms with Crippen molar-refractivity contribution in [3.63, 3.8) is 0 Å². The molecule has 0 radical (unpaired) electrons. The lowest BCUT2D eigenvalue weighted by atomic mass is 9.87. The summed E-state index contributed by atoms with van der Waals surface area (Å²) in [6.07, 6.45) is 6.24. The zero-order chi connectivity index (χ0) is 20.7. The predicted octanol–water partition coefficient (Wildman–Crippen LogP) is 3.73. The second-order valence-corrected chi connectivity index (χ2v) is 9.57. The smallest absolute Gasteiger partial charge is 0.305 e. The lowest BCUT2D eigenvalue weighted by Gasteiger charge is -2.24. The zero-order valence-corrected chi connectivity index (χ0v) is 19.0. The van der Waals surface area contributed by atoms with Crippen LogP contribution in [0, 0.1) is 11.8 Å². The van der Waals surface area contributed by atoms with Gasteiger partial charge in [0, 0.05) is 28.6 Å². The van der Waals surface area contributed by atoms with Crippen LogP contribution in [0.3, 0.4) is 0 Å². The van der Waals surface area contributed by atoms with E-state index in [0.717, 1.165) is 19.3 Å². The zero-order valence-electron chi connectivity index (χ0n) is 16.8. The molecule has 0 spiro atoms. The topological polar surface area (TPSA) is 76.0 Å². The first-order valence-electron chi connectivity index (χ1n) is 10.4. The van der Waals surface area contributed by atoms with Gasteiger partial charge in [-0.15, -0.1) is 0 Å². The number of carbonyl (C=O) groups excluding carboxylic acids is 1. The van der Waals surface area contributed by atoms with Crippen molar-refractivity contribution < 1.29 is 28.9 Å². The lowest BCUT2D eigenvalue weighted by molar-refractivity contribution is -0.140. The number of hydrogen-bond acceptors (Lipinski definition) is 5.